The number of carbonyl (C=O) groups is 1. The summed E-state index contributed by atoms with van der Waals surface area (Å²) in [5, 5.41) is 0. The molecule has 0 fully saturated rings. The zero-order valence-corrected chi connectivity index (χ0v) is 15.5. The van der Waals surface area contributed by atoms with Crippen LogP contribution in [-0.2, 0) is 24.3 Å². The Morgan fingerprint density at radius 1 is 0.792 bits per heavy atom. The molecule has 0 atom stereocenters. The highest BCUT2D eigenvalue weighted by Crippen LogP contribution is 2.25. The molecule has 0 N–H and O–H groups in total. The second kappa shape index (κ2) is 8.07. The van der Waals surface area contributed by atoms with Gasteiger partial charge in [-0.1, -0.05) is 18.2 Å². The van der Waals surface area contributed by atoms with E-state index < -0.39 is 23.0 Å². The van der Waals surface area contributed by atoms with Gasteiger partial charge in [0.1, 0.15) is 12.2 Å². The summed E-state index contributed by atoms with van der Waals surface area (Å²) in [5.74, 6) is -1.54. The molecule has 6 nitrogen and oxygen atoms in total. The van der Waals surface area contributed by atoms with Gasteiger partial charge >= 0.3 is 5.97 Å². The van der Waals surface area contributed by atoms with E-state index in [1.54, 1.807) is 31.2 Å². The van der Waals surface area contributed by atoms with Crippen LogP contribution >= 0.6 is 0 Å². The van der Waals surface area contributed by atoms with E-state index in [2.05, 4.69) is 0 Å². The number of esters is 1. The lowest BCUT2D eigenvalue weighted by atomic mass is 10.2. The first-order valence-electron chi connectivity index (χ1n) is 7.88. The molecule has 0 radical (unpaired) electrons. The standard InChI is InChI=1S/C18H28O6/c1-16(2,3)21-23-18(7,24-22-17(4,5)6)13-15(19)20-14-11-9-8-10-12-14/h8-12H,13H2,1-7H3. The van der Waals surface area contributed by atoms with Crippen LogP contribution in [0.1, 0.15) is 54.9 Å². The summed E-state index contributed by atoms with van der Waals surface area (Å²) < 4.78 is 5.26. The van der Waals surface area contributed by atoms with Crippen molar-refractivity contribution in [3.05, 3.63) is 30.3 Å². The van der Waals surface area contributed by atoms with Crippen molar-refractivity contribution in [3.63, 3.8) is 0 Å². The first-order valence-corrected chi connectivity index (χ1v) is 7.88. The predicted octanol–water partition coefficient (Wildman–Crippen LogP) is 4.19. The molecule has 0 bridgehead atoms. The molecular formula is C18H28O6. The molecule has 0 aliphatic rings. The smallest absolute Gasteiger partial charge is 0.316 e. The summed E-state index contributed by atoms with van der Waals surface area (Å²) >= 11 is 0. The van der Waals surface area contributed by atoms with Crippen LogP contribution in [-0.4, -0.2) is 23.0 Å². The molecule has 24 heavy (non-hydrogen) atoms. The fourth-order valence-electron chi connectivity index (χ4n) is 1.42. The average molecular weight is 340 g/mol. The maximum atomic E-state index is 12.2. The largest absolute Gasteiger partial charge is 0.426 e. The van der Waals surface area contributed by atoms with E-state index in [-0.39, 0.29) is 6.42 Å². The van der Waals surface area contributed by atoms with Gasteiger partial charge in [-0.25, -0.2) is 9.78 Å². The maximum Gasteiger partial charge on any atom is 0.316 e. The highest BCUT2D eigenvalue weighted by molar-refractivity contribution is 5.73. The van der Waals surface area contributed by atoms with Crippen molar-refractivity contribution >= 4 is 5.97 Å². The van der Waals surface area contributed by atoms with Crippen molar-refractivity contribution in [2.24, 2.45) is 0 Å². The molecule has 6 heteroatoms. The van der Waals surface area contributed by atoms with Crippen molar-refractivity contribution in [2.75, 3.05) is 0 Å². The van der Waals surface area contributed by atoms with Crippen LogP contribution in [0.5, 0.6) is 5.75 Å². The molecule has 1 aromatic carbocycles. The minimum Gasteiger partial charge on any atom is -0.426 e. The molecule has 1 aromatic rings. The summed E-state index contributed by atoms with van der Waals surface area (Å²) in [7, 11) is 0. The highest BCUT2D eigenvalue weighted by Gasteiger charge is 2.37. The normalized spacial score (nSPS) is 13.0. The lowest BCUT2D eigenvalue weighted by molar-refractivity contribution is -0.535. The SMILES string of the molecule is CC(C)(C)OOC(C)(CC(=O)Oc1ccccc1)OOC(C)(C)C. The van der Waals surface area contributed by atoms with E-state index >= 15 is 0 Å². The van der Waals surface area contributed by atoms with Crippen LogP contribution in [0.25, 0.3) is 0 Å². The number of ether oxygens (including phenoxy) is 1. The van der Waals surface area contributed by atoms with E-state index in [0.717, 1.165) is 0 Å². The Labute approximate surface area is 143 Å². The van der Waals surface area contributed by atoms with Gasteiger partial charge in [0.2, 0.25) is 5.79 Å². The van der Waals surface area contributed by atoms with Crippen LogP contribution in [0.2, 0.25) is 0 Å². The summed E-state index contributed by atoms with van der Waals surface area (Å²) in [4.78, 5) is 33.5. The van der Waals surface area contributed by atoms with Gasteiger partial charge in [-0.15, -0.1) is 0 Å². The zero-order valence-electron chi connectivity index (χ0n) is 15.5. The summed E-state index contributed by atoms with van der Waals surface area (Å²) in [6, 6.07) is 8.77. The Morgan fingerprint density at radius 2 is 1.25 bits per heavy atom. The van der Waals surface area contributed by atoms with E-state index in [1.165, 1.54) is 0 Å². The number of para-hydroxylation sites is 1. The van der Waals surface area contributed by atoms with Crippen LogP contribution < -0.4 is 4.74 Å². The summed E-state index contributed by atoms with van der Waals surface area (Å²) in [5.41, 5.74) is -1.15. The summed E-state index contributed by atoms with van der Waals surface area (Å²) in [6.07, 6.45) is -0.214. The van der Waals surface area contributed by atoms with Gasteiger partial charge in [0.15, 0.2) is 0 Å². The minimum absolute atomic E-state index is 0.214. The molecule has 0 unspecified atom stereocenters. The van der Waals surface area contributed by atoms with E-state index in [9.17, 15) is 4.79 Å². The van der Waals surface area contributed by atoms with Crippen molar-refractivity contribution < 1.29 is 29.1 Å². The third-order valence-corrected chi connectivity index (χ3v) is 2.38. The molecule has 1 rings (SSSR count). The van der Waals surface area contributed by atoms with Gasteiger partial charge in [-0.05, 0) is 60.6 Å². The molecule has 136 valence electrons. The Morgan fingerprint density at radius 3 is 1.67 bits per heavy atom. The van der Waals surface area contributed by atoms with Crippen LogP contribution in [0.3, 0.4) is 0 Å². The minimum atomic E-state index is -1.45. The molecule has 0 saturated carbocycles. The van der Waals surface area contributed by atoms with Crippen molar-refractivity contribution in [2.45, 2.75) is 71.9 Å². The average Bonchev–Trinajstić information content (AvgIpc) is 2.43. The van der Waals surface area contributed by atoms with Gasteiger partial charge < -0.3 is 4.74 Å². The third-order valence-electron chi connectivity index (χ3n) is 2.38. The Balaban J connectivity index is 2.73. The van der Waals surface area contributed by atoms with Crippen LogP contribution in [0.15, 0.2) is 30.3 Å². The molecule has 0 saturated heterocycles. The first-order chi connectivity index (χ1) is 10.9. The third kappa shape index (κ3) is 8.98. The molecular weight excluding hydrogens is 312 g/mol. The van der Waals surface area contributed by atoms with Gasteiger partial charge in [0.05, 0.1) is 11.2 Å². The Hall–Kier alpha value is -1.47. The molecule has 0 aliphatic heterocycles. The first kappa shape index (κ1) is 20.6. The second-order valence-corrected chi connectivity index (χ2v) is 7.66. The number of hydrogen-bond acceptors (Lipinski definition) is 6. The van der Waals surface area contributed by atoms with Gasteiger partial charge in [0.25, 0.3) is 0 Å². The lowest BCUT2D eigenvalue weighted by Crippen LogP contribution is -2.41. The topological polar surface area (TPSA) is 63.2 Å². The van der Waals surface area contributed by atoms with Crippen molar-refractivity contribution in [3.8, 4) is 5.75 Å². The fourth-order valence-corrected chi connectivity index (χ4v) is 1.42. The number of hydrogen-bond donors (Lipinski definition) is 0. The molecule has 0 spiro atoms. The number of rotatable bonds is 7. The zero-order chi connectivity index (χ0) is 18.4. The van der Waals surface area contributed by atoms with Crippen molar-refractivity contribution in [1.29, 1.82) is 0 Å². The molecule has 0 amide bonds. The summed E-state index contributed by atoms with van der Waals surface area (Å²) in [6.45, 7) is 12.5. The molecule has 0 aliphatic carbocycles. The Kier molecular flexibility index (Phi) is 6.92. The van der Waals surface area contributed by atoms with Crippen LogP contribution in [0, 0.1) is 0 Å². The predicted molar refractivity (Wildman–Crippen MR) is 88.9 cm³/mol. The monoisotopic (exact) mass is 340 g/mol. The maximum absolute atomic E-state index is 12.2. The van der Waals surface area contributed by atoms with Crippen LogP contribution in [0.4, 0.5) is 0 Å². The lowest BCUT2D eigenvalue weighted by Gasteiger charge is -2.32. The quantitative estimate of drug-likeness (QED) is 0.244. The van der Waals surface area contributed by atoms with Crippen molar-refractivity contribution in [1.82, 2.24) is 0 Å². The number of carbonyl (C=O) groups excluding carboxylic acids is 1. The Bertz CT molecular complexity index is 495. The van der Waals surface area contributed by atoms with Gasteiger partial charge in [-0.3, -0.25) is 4.79 Å². The van der Waals surface area contributed by atoms with E-state index in [0.29, 0.717) is 5.75 Å². The highest BCUT2D eigenvalue weighted by atomic mass is 17.3. The van der Waals surface area contributed by atoms with Gasteiger partial charge in [-0.2, -0.15) is 9.78 Å². The van der Waals surface area contributed by atoms with E-state index in [4.69, 9.17) is 24.3 Å². The molecule has 0 aromatic heterocycles. The fraction of sp³-hybridized carbons (Fsp3) is 0.611. The van der Waals surface area contributed by atoms with E-state index in [1.807, 2.05) is 47.6 Å². The second-order valence-electron chi connectivity index (χ2n) is 7.66. The van der Waals surface area contributed by atoms with Gasteiger partial charge in [0, 0.05) is 0 Å². The molecule has 0 heterocycles. The number of benzene rings is 1.